The number of rotatable bonds is 9. The van der Waals surface area contributed by atoms with E-state index in [0.29, 0.717) is 39.6 Å². The summed E-state index contributed by atoms with van der Waals surface area (Å²) in [6.45, 7) is 2.42. The van der Waals surface area contributed by atoms with Crippen molar-refractivity contribution in [2.45, 2.75) is 13.5 Å². The van der Waals surface area contributed by atoms with Crippen molar-refractivity contribution in [3.63, 3.8) is 0 Å². The third-order valence-electron chi connectivity index (χ3n) is 5.36. The van der Waals surface area contributed by atoms with Gasteiger partial charge in [0.15, 0.2) is 11.5 Å². The van der Waals surface area contributed by atoms with E-state index in [1.807, 2.05) is 6.92 Å². The minimum Gasteiger partial charge on any atom is -0.495 e. The van der Waals surface area contributed by atoms with Crippen LogP contribution in [0.25, 0.3) is 6.08 Å². The van der Waals surface area contributed by atoms with Crippen LogP contribution in [0.3, 0.4) is 0 Å². The Labute approximate surface area is 226 Å². The first-order valence-corrected chi connectivity index (χ1v) is 12.8. The number of benzene rings is 3. The van der Waals surface area contributed by atoms with Crippen LogP contribution in [-0.4, -0.2) is 35.9 Å². The molecule has 190 valence electrons. The minimum absolute atomic E-state index is 0.195. The van der Waals surface area contributed by atoms with E-state index < -0.39 is 17.1 Å². The summed E-state index contributed by atoms with van der Waals surface area (Å²) in [4.78, 5) is 38.3. The van der Waals surface area contributed by atoms with Crippen molar-refractivity contribution in [1.82, 2.24) is 0 Å². The SMILES string of the molecule is CCOc1cc(/C=C2\SC(=O)N(c3ccccc3OC)C2=O)c(Br)cc1OCc1ccc(C(=O)O)cc1. The first-order chi connectivity index (χ1) is 17.8. The number of para-hydroxylation sites is 2. The molecule has 0 aromatic heterocycles. The number of thioether (sulfide) groups is 1. The van der Waals surface area contributed by atoms with Gasteiger partial charge in [0.1, 0.15) is 12.4 Å². The Kier molecular flexibility index (Phi) is 8.20. The zero-order chi connectivity index (χ0) is 26.5. The molecule has 8 nitrogen and oxygen atoms in total. The van der Waals surface area contributed by atoms with Gasteiger partial charge in [0.05, 0.1) is 29.9 Å². The quantitative estimate of drug-likeness (QED) is 0.290. The number of carbonyl (C=O) groups is 3. The van der Waals surface area contributed by atoms with E-state index in [0.717, 1.165) is 22.2 Å². The third-order valence-corrected chi connectivity index (χ3v) is 6.92. The van der Waals surface area contributed by atoms with Crippen LogP contribution in [0.4, 0.5) is 10.5 Å². The molecule has 3 aromatic carbocycles. The smallest absolute Gasteiger partial charge is 0.335 e. The molecule has 3 aromatic rings. The molecular formula is C27H22BrNO7S. The second-order valence-corrected chi connectivity index (χ2v) is 9.58. The van der Waals surface area contributed by atoms with Crippen molar-refractivity contribution < 1.29 is 33.7 Å². The Bertz CT molecular complexity index is 1390. The van der Waals surface area contributed by atoms with Crippen molar-refractivity contribution in [2.24, 2.45) is 0 Å². The molecule has 0 aliphatic carbocycles. The van der Waals surface area contributed by atoms with Crippen LogP contribution < -0.4 is 19.1 Å². The van der Waals surface area contributed by atoms with Crippen LogP contribution in [0.5, 0.6) is 17.2 Å². The average Bonchev–Trinajstić information content (AvgIpc) is 3.17. The van der Waals surface area contributed by atoms with Crippen molar-refractivity contribution in [1.29, 1.82) is 0 Å². The lowest BCUT2D eigenvalue weighted by Crippen LogP contribution is -2.28. The van der Waals surface area contributed by atoms with Crippen molar-refractivity contribution in [3.8, 4) is 17.2 Å². The molecule has 0 radical (unpaired) electrons. The fourth-order valence-electron chi connectivity index (χ4n) is 3.58. The molecule has 1 fully saturated rings. The summed E-state index contributed by atoms with van der Waals surface area (Å²) < 4.78 is 17.7. The fourth-order valence-corrected chi connectivity index (χ4v) is 4.84. The summed E-state index contributed by atoms with van der Waals surface area (Å²) in [7, 11) is 1.48. The number of methoxy groups -OCH3 is 1. The standard InChI is InChI=1S/C27H22BrNO7S/c1-3-35-22-12-18(19(28)14-23(22)36-15-16-8-10-17(11-9-16)26(31)32)13-24-25(30)29(27(33)37-24)20-6-4-5-7-21(20)34-2/h4-14H,3,15H2,1-2H3,(H,31,32)/b24-13-. The normalized spacial score (nSPS) is 14.2. The average molecular weight is 584 g/mol. The zero-order valence-electron chi connectivity index (χ0n) is 19.9. The lowest BCUT2D eigenvalue weighted by atomic mass is 10.1. The van der Waals surface area contributed by atoms with Gasteiger partial charge in [-0.1, -0.05) is 40.2 Å². The van der Waals surface area contributed by atoms with Crippen LogP contribution in [0.15, 0.2) is 70.0 Å². The highest BCUT2D eigenvalue weighted by Gasteiger charge is 2.37. The molecule has 1 saturated heterocycles. The van der Waals surface area contributed by atoms with Gasteiger partial charge >= 0.3 is 5.97 Å². The third kappa shape index (κ3) is 5.81. The van der Waals surface area contributed by atoms with E-state index >= 15 is 0 Å². The molecule has 4 rings (SSSR count). The summed E-state index contributed by atoms with van der Waals surface area (Å²) in [5.74, 6) is -0.0933. The van der Waals surface area contributed by atoms with Crippen LogP contribution in [0.1, 0.15) is 28.4 Å². The van der Waals surface area contributed by atoms with Crippen molar-refractivity contribution >= 4 is 56.6 Å². The lowest BCUT2D eigenvalue weighted by molar-refractivity contribution is -0.113. The van der Waals surface area contributed by atoms with E-state index in [9.17, 15) is 14.4 Å². The first-order valence-electron chi connectivity index (χ1n) is 11.1. The number of carboxylic acids is 1. The molecular weight excluding hydrogens is 562 g/mol. The maximum Gasteiger partial charge on any atom is 0.335 e. The van der Waals surface area contributed by atoms with Gasteiger partial charge in [-0.05, 0) is 72.3 Å². The molecule has 0 unspecified atom stereocenters. The Morgan fingerprint density at radius 2 is 1.73 bits per heavy atom. The number of amides is 2. The first kappa shape index (κ1) is 26.3. The van der Waals surface area contributed by atoms with E-state index in [1.165, 1.54) is 19.2 Å². The Morgan fingerprint density at radius 1 is 1.03 bits per heavy atom. The molecule has 37 heavy (non-hydrogen) atoms. The van der Waals surface area contributed by atoms with Gasteiger partial charge in [-0.15, -0.1) is 0 Å². The zero-order valence-corrected chi connectivity index (χ0v) is 22.3. The van der Waals surface area contributed by atoms with Crippen LogP contribution in [-0.2, 0) is 11.4 Å². The lowest BCUT2D eigenvalue weighted by Gasteiger charge is -2.16. The number of hydrogen-bond donors (Lipinski definition) is 1. The van der Waals surface area contributed by atoms with E-state index in [4.69, 9.17) is 19.3 Å². The highest BCUT2D eigenvalue weighted by molar-refractivity contribution is 9.10. The topological polar surface area (TPSA) is 102 Å². The molecule has 1 aliphatic heterocycles. The second-order valence-electron chi connectivity index (χ2n) is 7.73. The summed E-state index contributed by atoms with van der Waals surface area (Å²) in [5, 5.41) is 8.64. The molecule has 0 atom stereocenters. The van der Waals surface area contributed by atoms with Gasteiger partial charge in [0, 0.05) is 4.47 Å². The monoisotopic (exact) mass is 583 g/mol. The van der Waals surface area contributed by atoms with Crippen LogP contribution >= 0.6 is 27.7 Å². The maximum atomic E-state index is 13.2. The summed E-state index contributed by atoms with van der Waals surface area (Å²) in [6, 6.07) is 16.7. The number of halogens is 1. The second kappa shape index (κ2) is 11.5. The predicted octanol–water partition coefficient (Wildman–Crippen LogP) is 6.37. The van der Waals surface area contributed by atoms with E-state index in [1.54, 1.807) is 54.6 Å². The number of carboxylic acid groups (broad SMARTS) is 1. The van der Waals surface area contributed by atoms with Gasteiger partial charge in [-0.3, -0.25) is 9.59 Å². The number of ether oxygens (including phenoxy) is 3. The largest absolute Gasteiger partial charge is 0.495 e. The number of hydrogen-bond acceptors (Lipinski definition) is 7. The fraction of sp³-hybridized carbons (Fsp3) is 0.148. The number of nitrogens with zero attached hydrogens (tertiary/aromatic N) is 1. The summed E-state index contributed by atoms with van der Waals surface area (Å²) >= 11 is 4.37. The number of anilines is 1. The van der Waals surface area contributed by atoms with Gasteiger partial charge in [0.25, 0.3) is 11.1 Å². The van der Waals surface area contributed by atoms with Gasteiger partial charge < -0.3 is 19.3 Å². The number of aromatic carboxylic acids is 1. The van der Waals surface area contributed by atoms with Gasteiger partial charge in [0.2, 0.25) is 0 Å². The van der Waals surface area contributed by atoms with Crippen LogP contribution in [0.2, 0.25) is 0 Å². The van der Waals surface area contributed by atoms with Gasteiger partial charge in [-0.25, -0.2) is 9.69 Å². The summed E-state index contributed by atoms with van der Waals surface area (Å²) in [6.07, 6.45) is 1.63. The maximum absolute atomic E-state index is 13.2. The number of imide groups is 1. The van der Waals surface area contributed by atoms with E-state index in [2.05, 4.69) is 15.9 Å². The summed E-state index contributed by atoms with van der Waals surface area (Å²) in [5.41, 5.74) is 2.00. The molecule has 1 aliphatic rings. The Balaban J connectivity index is 1.59. The molecule has 0 spiro atoms. The Morgan fingerprint density at radius 3 is 2.41 bits per heavy atom. The Hall–Kier alpha value is -3.76. The highest BCUT2D eigenvalue weighted by Crippen LogP contribution is 2.41. The molecule has 2 amide bonds. The predicted molar refractivity (Wildman–Crippen MR) is 144 cm³/mol. The molecule has 10 heteroatoms. The molecule has 0 bridgehead atoms. The van der Waals surface area contributed by atoms with Crippen molar-refractivity contribution in [3.05, 3.63) is 86.7 Å². The highest BCUT2D eigenvalue weighted by atomic mass is 79.9. The minimum atomic E-state index is -0.994. The molecule has 1 N–H and O–H groups in total. The molecule has 1 heterocycles. The van der Waals surface area contributed by atoms with Crippen LogP contribution in [0, 0.1) is 0 Å². The van der Waals surface area contributed by atoms with Gasteiger partial charge in [-0.2, -0.15) is 0 Å². The number of carbonyl (C=O) groups excluding carboxylic acids is 2. The van der Waals surface area contributed by atoms with E-state index in [-0.39, 0.29) is 17.1 Å². The van der Waals surface area contributed by atoms with Crippen molar-refractivity contribution in [2.75, 3.05) is 18.6 Å². The molecule has 0 saturated carbocycles.